The number of benzene rings is 2. The fourth-order valence-electron chi connectivity index (χ4n) is 2.56. The van der Waals surface area contributed by atoms with Crippen LogP contribution in [0.15, 0.2) is 79.0 Å². The average molecular weight is 288 g/mol. The molecule has 1 amide bonds. The molecule has 3 rings (SSSR count). The number of nitrogens with two attached hydrogens (primary N) is 1. The van der Waals surface area contributed by atoms with Crippen molar-refractivity contribution in [2.75, 3.05) is 0 Å². The van der Waals surface area contributed by atoms with E-state index in [9.17, 15) is 4.79 Å². The molecule has 22 heavy (non-hydrogen) atoms. The van der Waals surface area contributed by atoms with E-state index in [0.717, 1.165) is 16.7 Å². The van der Waals surface area contributed by atoms with E-state index in [1.165, 1.54) is 0 Å². The zero-order valence-corrected chi connectivity index (χ0v) is 12.0. The summed E-state index contributed by atoms with van der Waals surface area (Å²) in [5, 5.41) is 0. The maximum atomic E-state index is 11.9. The van der Waals surface area contributed by atoms with Crippen molar-refractivity contribution >= 4 is 5.91 Å². The fraction of sp³-hybridized carbons (Fsp3) is 0.0526. The zero-order chi connectivity index (χ0) is 15.4. The first-order valence-corrected chi connectivity index (χ1v) is 7.11. The topological polar surface area (TPSA) is 56.0 Å². The second kappa shape index (κ2) is 6.22. The lowest BCUT2D eigenvalue weighted by Crippen LogP contribution is -2.23. The van der Waals surface area contributed by atoms with Crippen LogP contribution in [0.1, 0.15) is 17.2 Å². The van der Waals surface area contributed by atoms with Crippen LogP contribution < -0.4 is 5.73 Å². The molecule has 0 aliphatic rings. The number of carbonyl (C=O) groups excluding carboxylic acids is 1. The predicted molar refractivity (Wildman–Crippen MR) is 87.2 cm³/mol. The molecule has 2 aromatic carbocycles. The van der Waals surface area contributed by atoms with Crippen LogP contribution in [-0.2, 0) is 4.79 Å². The van der Waals surface area contributed by atoms with Crippen LogP contribution in [0.25, 0.3) is 11.1 Å². The maximum absolute atomic E-state index is 11.9. The number of hydrogen-bond donors (Lipinski definition) is 1. The van der Waals surface area contributed by atoms with E-state index in [4.69, 9.17) is 5.73 Å². The van der Waals surface area contributed by atoms with E-state index >= 15 is 0 Å². The highest BCUT2D eigenvalue weighted by Crippen LogP contribution is 2.27. The molecule has 0 aliphatic carbocycles. The Morgan fingerprint density at radius 2 is 1.59 bits per heavy atom. The molecule has 108 valence electrons. The zero-order valence-electron chi connectivity index (χ0n) is 12.0. The summed E-state index contributed by atoms with van der Waals surface area (Å²) in [5.41, 5.74) is 9.29. The Labute approximate surface area is 129 Å². The van der Waals surface area contributed by atoms with E-state index in [1.54, 1.807) is 6.20 Å². The Balaban J connectivity index is 2.05. The number of nitrogens with zero attached hydrogens (tertiary/aromatic N) is 1. The van der Waals surface area contributed by atoms with E-state index in [2.05, 4.69) is 4.98 Å². The van der Waals surface area contributed by atoms with Crippen molar-refractivity contribution in [2.45, 2.75) is 5.92 Å². The van der Waals surface area contributed by atoms with E-state index < -0.39 is 11.8 Å². The standard InChI is InChI=1S/C19H16N2O/c20-19(22)18(17-11-4-5-12-21-17)16-10-6-9-15(13-16)14-7-2-1-3-8-14/h1-13,18H,(H2,20,22). The van der Waals surface area contributed by atoms with Crippen molar-refractivity contribution < 1.29 is 4.79 Å². The van der Waals surface area contributed by atoms with E-state index in [1.807, 2.05) is 72.8 Å². The molecule has 0 fully saturated rings. The molecule has 1 aromatic heterocycles. The summed E-state index contributed by atoms with van der Waals surface area (Å²) >= 11 is 0. The lowest BCUT2D eigenvalue weighted by molar-refractivity contribution is -0.118. The molecule has 1 atom stereocenters. The minimum absolute atomic E-state index is 0.399. The van der Waals surface area contributed by atoms with Gasteiger partial charge in [-0.25, -0.2) is 0 Å². The maximum Gasteiger partial charge on any atom is 0.231 e. The molecule has 0 saturated heterocycles. The monoisotopic (exact) mass is 288 g/mol. The van der Waals surface area contributed by atoms with Gasteiger partial charge in [-0.3, -0.25) is 9.78 Å². The second-order valence-electron chi connectivity index (χ2n) is 5.08. The van der Waals surface area contributed by atoms with Gasteiger partial charge in [-0.1, -0.05) is 54.6 Å². The van der Waals surface area contributed by atoms with Crippen LogP contribution in [0.3, 0.4) is 0 Å². The number of hydrogen-bond acceptors (Lipinski definition) is 2. The molecule has 3 aromatic rings. The van der Waals surface area contributed by atoms with Gasteiger partial charge in [0.25, 0.3) is 0 Å². The molecule has 1 heterocycles. The summed E-state index contributed by atoms with van der Waals surface area (Å²) in [5.74, 6) is -0.936. The van der Waals surface area contributed by atoms with Crippen LogP contribution in [0.2, 0.25) is 0 Å². The van der Waals surface area contributed by atoms with Gasteiger partial charge in [0.15, 0.2) is 0 Å². The second-order valence-corrected chi connectivity index (χ2v) is 5.08. The third-order valence-corrected chi connectivity index (χ3v) is 3.60. The molecule has 0 spiro atoms. The predicted octanol–water partition coefficient (Wildman–Crippen LogP) is 3.37. The molecule has 2 N–H and O–H groups in total. The van der Waals surface area contributed by atoms with Crippen molar-refractivity contribution in [3.8, 4) is 11.1 Å². The number of pyridine rings is 1. The Kier molecular flexibility index (Phi) is 3.97. The van der Waals surface area contributed by atoms with Crippen molar-refractivity contribution in [1.82, 2.24) is 4.98 Å². The molecule has 0 bridgehead atoms. The highest BCUT2D eigenvalue weighted by molar-refractivity contribution is 5.85. The average Bonchev–Trinajstić information content (AvgIpc) is 2.57. The lowest BCUT2D eigenvalue weighted by atomic mass is 9.92. The van der Waals surface area contributed by atoms with Gasteiger partial charge in [0.2, 0.25) is 5.91 Å². The van der Waals surface area contributed by atoms with Crippen molar-refractivity contribution in [1.29, 1.82) is 0 Å². The van der Waals surface area contributed by atoms with Gasteiger partial charge in [-0.2, -0.15) is 0 Å². The van der Waals surface area contributed by atoms with Crippen molar-refractivity contribution in [2.24, 2.45) is 5.73 Å². The molecule has 3 heteroatoms. The highest BCUT2D eigenvalue weighted by atomic mass is 16.1. The molecule has 0 saturated carbocycles. The van der Waals surface area contributed by atoms with Crippen LogP contribution in [0.5, 0.6) is 0 Å². The Bertz CT molecular complexity index is 770. The summed E-state index contributed by atoms with van der Waals surface area (Å²) in [6, 6.07) is 23.4. The quantitative estimate of drug-likeness (QED) is 0.800. The molecule has 1 unspecified atom stereocenters. The van der Waals surface area contributed by atoms with Gasteiger partial charge in [-0.15, -0.1) is 0 Å². The first-order valence-electron chi connectivity index (χ1n) is 7.11. The first-order chi connectivity index (χ1) is 10.8. The minimum atomic E-state index is -0.537. The van der Waals surface area contributed by atoms with Crippen molar-refractivity contribution in [3.05, 3.63) is 90.3 Å². The van der Waals surface area contributed by atoms with Gasteiger partial charge >= 0.3 is 0 Å². The highest BCUT2D eigenvalue weighted by Gasteiger charge is 2.21. The van der Waals surface area contributed by atoms with Crippen LogP contribution in [-0.4, -0.2) is 10.9 Å². The van der Waals surface area contributed by atoms with E-state index in [-0.39, 0.29) is 0 Å². The molecule has 0 aliphatic heterocycles. The number of amides is 1. The normalized spacial score (nSPS) is 11.8. The van der Waals surface area contributed by atoms with Crippen molar-refractivity contribution in [3.63, 3.8) is 0 Å². The Morgan fingerprint density at radius 3 is 2.27 bits per heavy atom. The fourth-order valence-corrected chi connectivity index (χ4v) is 2.56. The molecule has 3 nitrogen and oxygen atoms in total. The van der Waals surface area contributed by atoms with Gasteiger partial charge < -0.3 is 5.73 Å². The Hall–Kier alpha value is -2.94. The van der Waals surface area contributed by atoms with Crippen LogP contribution in [0, 0.1) is 0 Å². The smallest absolute Gasteiger partial charge is 0.231 e. The number of carbonyl (C=O) groups is 1. The third kappa shape index (κ3) is 2.88. The summed E-state index contributed by atoms with van der Waals surface area (Å²) < 4.78 is 0. The number of primary amides is 1. The molecular formula is C19H16N2O. The van der Waals surface area contributed by atoms with Gasteiger partial charge in [0, 0.05) is 6.20 Å². The number of aromatic nitrogens is 1. The van der Waals surface area contributed by atoms with Gasteiger partial charge in [0.1, 0.15) is 5.92 Å². The van der Waals surface area contributed by atoms with Crippen LogP contribution >= 0.6 is 0 Å². The Morgan fingerprint density at radius 1 is 0.864 bits per heavy atom. The largest absolute Gasteiger partial charge is 0.369 e. The third-order valence-electron chi connectivity index (χ3n) is 3.60. The SMILES string of the molecule is NC(=O)C(c1cccc(-c2ccccc2)c1)c1ccccn1. The summed E-state index contributed by atoms with van der Waals surface area (Å²) in [4.78, 5) is 16.2. The molecule has 0 radical (unpaired) electrons. The van der Waals surface area contributed by atoms with Crippen LogP contribution in [0.4, 0.5) is 0 Å². The van der Waals surface area contributed by atoms with E-state index in [0.29, 0.717) is 5.69 Å². The lowest BCUT2D eigenvalue weighted by Gasteiger charge is -2.14. The molecular weight excluding hydrogens is 272 g/mol. The number of rotatable bonds is 4. The summed E-state index contributed by atoms with van der Waals surface area (Å²) in [6.45, 7) is 0. The van der Waals surface area contributed by atoms with Gasteiger partial charge in [0.05, 0.1) is 5.69 Å². The first kappa shape index (κ1) is 14.0. The van der Waals surface area contributed by atoms with Gasteiger partial charge in [-0.05, 0) is 34.9 Å². The summed E-state index contributed by atoms with van der Waals surface area (Å²) in [7, 11) is 0. The minimum Gasteiger partial charge on any atom is -0.369 e. The summed E-state index contributed by atoms with van der Waals surface area (Å²) in [6.07, 6.45) is 1.67.